The van der Waals surface area contributed by atoms with Gasteiger partial charge < -0.3 is 19.5 Å². The summed E-state index contributed by atoms with van der Waals surface area (Å²) < 4.78 is 15.7. The van der Waals surface area contributed by atoms with Gasteiger partial charge in [-0.3, -0.25) is 9.59 Å². The molecular weight excluding hydrogens is 408 g/mol. The summed E-state index contributed by atoms with van der Waals surface area (Å²) in [7, 11) is 2.80. The number of nitriles is 1. The lowest BCUT2D eigenvalue weighted by molar-refractivity contribution is -0.132. The largest absolute Gasteiger partial charge is 0.493 e. The van der Waals surface area contributed by atoms with Crippen molar-refractivity contribution in [2.24, 2.45) is 0 Å². The molecule has 0 aliphatic heterocycles. The minimum absolute atomic E-state index is 0.111. The molecule has 0 radical (unpaired) electrons. The summed E-state index contributed by atoms with van der Waals surface area (Å²) in [5, 5.41) is 12.8. The number of amides is 1. The van der Waals surface area contributed by atoms with Crippen molar-refractivity contribution < 1.29 is 23.8 Å². The lowest BCUT2D eigenvalue weighted by atomic mass is 10.1. The molecule has 1 atom stereocenters. The molecule has 0 spiro atoms. The highest BCUT2D eigenvalue weighted by molar-refractivity contribution is 6.31. The zero-order valence-electron chi connectivity index (χ0n) is 17.0. The molecule has 0 saturated heterocycles. The summed E-state index contributed by atoms with van der Waals surface area (Å²) in [5.74, 6) is -0.553. The number of carbonyl (C=O) groups excluding carboxylic acids is 2. The van der Waals surface area contributed by atoms with E-state index in [1.807, 2.05) is 12.1 Å². The summed E-state index contributed by atoms with van der Waals surface area (Å²) in [6, 6.07) is 11.7. The van der Waals surface area contributed by atoms with Crippen LogP contribution in [0.2, 0.25) is 5.02 Å². The molecule has 0 bridgehead atoms. The molecule has 2 rings (SSSR count). The Morgan fingerprint density at radius 2 is 1.77 bits per heavy atom. The van der Waals surface area contributed by atoms with E-state index >= 15 is 0 Å². The Balaban J connectivity index is 2.35. The minimum Gasteiger partial charge on any atom is -0.493 e. The van der Waals surface area contributed by atoms with Crippen LogP contribution in [0.25, 0.3) is 6.08 Å². The Kier molecular flexibility index (Phi) is 7.84. The summed E-state index contributed by atoms with van der Waals surface area (Å²) >= 11 is 6.17. The second-order valence-electron chi connectivity index (χ2n) is 6.23. The highest BCUT2D eigenvalue weighted by Crippen LogP contribution is 2.39. The van der Waals surface area contributed by atoms with Crippen molar-refractivity contribution in [2.75, 3.05) is 14.2 Å². The van der Waals surface area contributed by atoms with Crippen molar-refractivity contribution in [1.82, 2.24) is 5.32 Å². The Morgan fingerprint density at radius 1 is 1.17 bits per heavy atom. The predicted molar refractivity (Wildman–Crippen MR) is 112 cm³/mol. The number of rotatable bonds is 7. The maximum absolute atomic E-state index is 12.6. The van der Waals surface area contributed by atoms with Gasteiger partial charge in [0.05, 0.1) is 20.3 Å². The number of hydrogen-bond acceptors (Lipinski definition) is 6. The Bertz CT molecular complexity index is 1000. The molecule has 30 heavy (non-hydrogen) atoms. The molecule has 0 aliphatic rings. The molecule has 0 saturated carbocycles. The molecule has 1 unspecified atom stereocenters. The fourth-order valence-corrected chi connectivity index (χ4v) is 3.02. The number of benzene rings is 2. The summed E-state index contributed by atoms with van der Waals surface area (Å²) in [5.41, 5.74) is 1.06. The van der Waals surface area contributed by atoms with Crippen LogP contribution in [0.3, 0.4) is 0 Å². The van der Waals surface area contributed by atoms with E-state index in [4.69, 9.17) is 25.8 Å². The minimum atomic E-state index is -0.563. The van der Waals surface area contributed by atoms with Crippen LogP contribution in [0.1, 0.15) is 31.0 Å². The first-order valence-corrected chi connectivity index (χ1v) is 9.30. The van der Waals surface area contributed by atoms with Crippen LogP contribution in [0, 0.1) is 11.3 Å². The van der Waals surface area contributed by atoms with Gasteiger partial charge in [-0.15, -0.1) is 0 Å². The average Bonchev–Trinajstić information content (AvgIpc) is 2.72. The van der Waals surface area contributed by atoms with Gasteiger partial charge >= 0.3 is 5.97 Å². The smallest absolute Gasteiger partial charge is 0.308 e. The van der Waals surface area contributed by atoms with E-state index in [0.717, 1.165) is 5.56 Å². The van der Waals surface area contributed by atoms with Gasteiger partial charge in [0.2, 0.25) is 5.75 Å². The predicted octanol–water partition coefficient (Wildman–Crippen LogP) is 4.07. The number of esters is 1. The molecule has 156 valence electrons. The number of hydrogen-bond donors (Lipinski definition) is 1. The number of methoxy groups -OCH3 is 2. The highest BCUT2D eigenvalue weighted by atomic mass is 35.5. The second-order valence-corrected chi connectivity index (χ2v) is 6.64. The van der Waals surface area contributed by atoms with E-state index < -0.39 is 17.9 Å². The van der Waals surface area contributed by atoms with Crippen LogP contribution in [0.15, 0.2) is 42.0 Å². The van der Waals surface area contributed by atoms with Crippen molar-refractivity contribution >= 4 is 29.6 Å². The molecular formula is C22H21ClN2O5. The second kappa shape index (κ2) is 10.3. The highest BCUT2D eigenvalue weighted by Gasteiger charge is 2.18. The van der Waals surface area contributed by atoms with Crippen molar-refractivity contribution in [3.63, 3.8) is 0 Å². The van der Waals surface area contributed by atoms with Gasteiger partial charge in [0.25, 0.3) is 5.91 Å². The molecule has 1 amide bonds. The number of nitrogens with one attached hydrogen (secondary N) is 1. The van der Waals surface area contributed by atoms with Gasteiger partial charge in [0.1, 0.15) is 11.6 Å². The number of halogens is 1. The van der Waals surface area contributed by atoms with Gasteiger partial charge in [-0.2, -0.15) is 5.26 Å². The zero-order chi connectivity index (χ0) is 22.3. The number of nitrogens with zero attached hydrogens (tertiary/aromatic N) is 1. The standard InChI is InChI=1S/C22H21ClN2O5/c1-13(17-7-5-6-8-18(17)23)25-22(27)16(12-24)9-15-10-19(28-3)21(30-14(2)26)20(11-15)29-4/h5-11,13H,1-4H3,(H,25,27). The van der Waals surface area contributed by atoms with E-state index in [9.17, 15) is 14.9 Å². The van der Waals surface area contributed by atoms with Gasteiger partial charge in [0, 0.05) is 11.9 Å². The normalized spacial score (nSPS) is 11.8. The van der Waals surface area contributed by atoms with Gasteiger partial charge in [-0.05, 0) is 42.3 Å². The lowest BCUT2D eigenvalue weighted by Gasteiger charge is -2.16. The van der Waals surface area contributed by atoms with Gasteiger partial charge in [-0.25, -0.2) is 0 Å². The summed E-state index contributed by atoms with van der Waals surface area (Å²) in [6.07, 6.45) is 1.39. The first-order valence-electron chi connectivity index (χ1n) is 8.92. The maximum atomic E-state index is 12.6. The molecule has 0 aliphatic carbocycles. The molecule has 8 heteroatoms. The van der Waals surface area contributed by atoms with Crippen LogP contribution in [0.5, 0.6) is 17.2 Å². The van der Waals surface area contributed by atoms with Crippen molar-refractivity contribution in [2.45, 2.75) is 19.9 Å². The van der Waals surface area contributed by atoms with E-state index in [0.29, 0.717) is 10.6 Å². The summed E-state index contributed by atoms with van der Waals surface area (Å²) in [4.78, 5) is 24.0. The van der Waals surface area contributed by atoms with Gasteiger partial charge in [0.15, 0.2) is 11.5 Å². The van der Waals surface area contributed by atoms with Crippen LogP contribution in [-0.4, -0.2) is 26.1 Å². The first kappa shape index (κ1) is 22.8. The third-order valence-corrected chi connectivity index (χ3v) is 4.47. The number of ether oxygens (including phenoxy) is 3. The third-order valence-electron chi connectivity index (χ3n) is 4.12. The molecule has 0 fully saturated rings. The lowest BCUT2D eigenvalue weighted by Crippen LogP contribution is -2.27. The van der Waals surface area contributed by atoms with E-state index in [1.165, 1.54) is 39.4 Å². The average molecular weight is 429 g/mol. The Hall–Kier alpha value is -3.50. The van der Waals surface area contributed by atoms with Crippen molar-refractivity contribution in [1.29, 1.82) is 5.26 Å². The Morgan fingerprint density at radius 3 is 2.27 bits per heavy atom. The molecule has 0 aromatic heterocycles. The third kappa shape index (κ3) is 5.52. The quantitative estimate of drug-likeness (QED) is 0.309. The van der Waals surface area contributed by atoms with Crippen LogP contribution >= 0.6 is 11.6 Å². The van der Waals surface area contributed by atoms with E-state index in [2.05, 4.69) is 5.32 Å². The van der Waals surface area contributed by atoms with Crippen LogP contribution in [-0.2, 0) is 9.59 Å². The van der Waals surface area contributed by atoms with Crippen molar-refractivity contribution in [3.8, 4) is 23.3 Å². The first-order chi connectivity index (χ1) is 14.3. The topological polar surface area (TPSA) is 97.7 Å². The maximum Gasteiger partial charge on any atom is 0.308 e. The fourth-order valence-electron chi connectivity index (χ4n) is 2.72. The zero-order valence-corrected chi connectivity index (χ0v) is 17.7. The van der Waals surface area contributed by atoms with Crippen molar-refractivity contribution in [3.05, 3.63) is 58.1 Å². The SMILES string of the molecule is COc1cc(C=C(C#N)C(=O)NC(C)c2ccccc2Cl)cc(OC)c1OC(C)=O. The number of carbonyl (C=O) groups is 2. The Labute approximate surface area is 179 Å². The molecule has 1 N–H and O–H groups in total. The summed E-state index contributed by atoms with van der Waals surface area (Å²) in [6.45, 7) is 3.03. The molecule has 7 nitrogen and oxygen atoms in total. The molecule has 0 heterocycles. The van der Waals surface area contributed by atoms with E-state index in [-0.39, 0.29) is 22.8 Å². The molecule has 2 aromatic rings. The van der Waals surface area contributed by atoms with Gasteiger partial charge in [-0.1, -0.05) is 29.8 Å². The molecule has 2 aromatic carbocycles. The van der Waals surface area contributed by atoms with Crippen LogP contribution < -0.4 is 19.5 Å². The van der Waals surface area contributed by atoms with Crippen LogP contribution in [0.4, 0.5) is 0 Å². The fraction of sp³-hybridized carbons (Fsp3) is 0.227. The van der Waals surface area contributed by atoms with E-state index in [1.54, 1.807) is 25.1 Å². The monoisotopic (exact) mass is 428 g/mol.